The molecule has 0 aliphatic carbocycles. The Morgan fingerprint density at radius 1 is 1.33 bits per heavy atom. The number of hydrogen-bond acceptors (Lipinski definition) is 3. The number of rotatable bonds is 1. The van der Waals surface area contributed by atoms with Crippen molar-refractivity contribution in [3.8, 4) is 17.6 Å². The van der Waals surface area contributed by atoms with E-state index in [0.717, 1.165) is 6.07 Å². The minimum absolute atomic E-state index is 0.0582. The van der Waals surface area contributed by atoms with Crippen molar-refractivity contribution in [1.82, 2.24) is 0 Å². The van der Waals surface area contributed by atoms with Crippen LogP contribution < -0.4 is 5.73 Å². The molecule has 0 aromatic heterocycles. The fourth-order valence-corrected chi connectivity index (χ4v) is 0.899. The quantitative estimate of drug-likeness (QED) is 0.558. The molecule has 0 aliphatic heterocycles. The van der Waals surface area contributed by atoms with Crippen LogP contribution in [0.4, 0.5) is 0 Å². The fraction of sp³-hybridized carbons (Fsp3) is 0. The van der Waals surface area contributed by atoms with E-state index in [9.17, 15) is 14.7 Å². The maximum absolute atomic E-state index is 10.5. The first-order valence-corrected chi connectivity index (χ1v) is 3.88. The molecule has 0 saturated heterocycles. The molecule has 5 heteroatoms. The third kappa shape index (κ3) is 2.74. The lowest BCUT2D eigenvalue weighted by molar-refractivity contribution is -0.112. The van der Waals surface area contributed by atoms with Crippen molar-refractivity contribution in [1.29, 1.82) is 0 Å². The summed E-state index contributed by atoms with van der Waals surface area (Å²) in [6, 6.07) is 3.62. The summed E-state index contributed by atoms with van der Waals surface area (Å²) in [6.45, 7) is 0. The highest BCUT2D eigenvalue weighted by molar-refractivity contribution is 5.93. The summed E-state index contributed by atoms with van der Waals surface area (Å²) in [5, 5.41) is 17.9. The van der Waals surface area contributed by atoms with Crippen molar-refractivity contribution >= 4 is 11.9 Å². The zero-order valence-corrected chi connectivity index (χ0v) is 7.52. The number of phenolic OH excluding ortho intramolecular Hbond substituents is 1. The molecule has 0 atom stereocenters. The van der Waals surface area contributed by atoms with Gasteiger partial charge in [0.2, 0.25) is 0 Å². The van der Waals surface area contributed by atoms with Gasteiger partial charge in [-0.1, -0.05) is 5.92 Å². The van der Waals surface area contributed by atoms with E-state index in [1.807, 2.05) is 5.92 Å². The predicted octanol–water partition coefficient (Wildman–Crippen LogP) is -0.0728. The van der Waals surface area contributed by atoms with E-state index >= 15 is 0 Å². The van der Waals surface area contributed by atoms with Gasteiger partial charge in [-0.3, -0.25) is 4.79 Å². The van der Waals surface area contributed by atoms with E-state index in [0.29, 0.717) is 0 Å². The molecular weight excluding hydrogens is 198 g/mol. The summed E-state index contributed by atoms with van der Waals surface area (Å²) in [5.74, 6) is 2.07. The van der Waals surface area contributed by atoms with Gasteiger partial charge in [0.05, 0.1) is 11.1 Å². The molecule has 0 fully saturated rings. The molecule has 0 aliphatic rings. The number of benzene rings is 1. The van der Waals surface area contributed by atoms with E-state index in [1.54, 1.807) is 0 Å². The van der Waals surface area contributed by atoms with Crippen LogP contribution in [0, 0.1) is 11.8 Å². The average Bonchev–Trinajstić information content (AvgIpc) is 2.15. The van der Waals surface area contributed by atoms with Crippen LogP contribution in [0.15, 0.2) is 18.2 Å². The molecule has 0 spiro atoms. The Kier molecular flexibility index (Phi) is 2.94. The van der Waals surface area contributed by atoms with Crippen LogP contribution in [0.25, 0.3) is 0 Å². The lowest BCUT2D eigenvalue weighted by Crippen LogP contribution is -2.06. The molecule has 1 aromatic carbocycles. The Hall–Kier alpha value is -2.48. The molecule has 1 aromatic rings. The Balaban J connectivity index is 3.10. The van der Waals surface area contributed by atoms with E-state index in [2.05, 4.69) is 5.92 Å². The minimum Gasteiger partial charge on any atom is -0.507 e. The lowest BCUT2D eigenvalue weighted by Gasteiger charge is -1.98. The van der Waals surface area contributed by atoms with Gasteiger partial charge in [0.25, 0.3) is 5.91 Å². The summed E-state index contributed by atoms with van der Waals surface area (Å²) < 4.78 is 0. The van der Waals surface area contributed by atoms with Crippen molar-refractivity contribution < 1.29 is 19.8 Å². The number of amides is 1. The highest BCUT2D eigenvalue weighted by Gasteiger charge is 2.05. The normalized spacial score (nSPS) is 8.80. The average molecular weight is 205 g/mol. The topological polar surface area (TPSA) is 101 Å². The Morgan fingerprint density at radius 2 is 2.00 bits per heavy atom. The first kappa shape index (κ1) is 10.6. The number of aromatic hydroxyl groups is 1. The molecule has 15 heavy (non-hydrogen) atoms. The molecule has 0 saturated carbocycles. The monoisotopic (exact) mass is 205 g/mol. The predicted molar refractivity (Wildman–Crippen MR) is 51.1 cm³/mol. The van der Waals surface area contributed by atoms with Crippen LogP contribution in [0.5, 0.6) is 5.75 Å². The molecule has 0 bridgehead atoms. The smallest absolute Gasteiger partial charge is 0.335 e. The Morgan fingerprint density at radius 3 is 2.47 bits per heavy atom. The van der Waals surface area contributed by atoms with Gasteiger partial charge in [-0.2, -0.15) is 0 Å². The van der Waals surface area contributed by atoms with Gasteiger partial charge < -0.3 is 15.9 Å². The van der Waals surface area contributed by atoms with E-state index in [1.165, 1.54) is 12.1 Å². The van der Waals surface area contributed by atoms with E-state index in [4.69, 9.17) is 10.8 Å². The number of carboxylic acids is 1. The van der Waals surface area contributed by atoms with Crippen LogP contribution >= 0.6 is 0 Å². The largest absolute Gasteiger partial charge is 0.507 e. The summed E-state index contributed by atoms with van der Waals surface area (Å²) in [6.07, 6.45) is 0. The standard InChI is InChI=1S/C10H7NO4/c11-9(13)4-3-6-1-2-7(10(14)15)5-8(6)12/h1-2,5,12H,(H2,11,13)(H,14,15). The maximum Gasteiger partial charge on any atom is 0.335 e. The molecular formula is C10H7NO4. The van der Waals surface area contributed by atoms with Gasteiger partial charge in [0, 0.05) is 5.92 Å². The van der Waals surface area contributed by atoms with Crippen LogP contribution in [0.3, 0.4) is 0 Å². The fourth-order valence-electron chi connectivity index (χ4n) is 0.899. The van der Waals surface area contributed by atoms with Crippen molar-refractivity contribution in [2.24, 2.45) is 5.73 Å². The molecule has 0 heterocycles. The highest BCUT2D eigenvalue weighted by atomic mass is 16.4. The number of carbonyl (C=O) groups is 2. The van der Waals surface area contributed by atoms with Gasteiger partial charge >= 0.3 is 5.97 Å². The summed E-state index contributed by atoms with van der Waals surface area (Å²) in [5.41, 5.74) is 4.87. The van der Waals surface area contributed by atoms with Crippen LogP contribution in [0.2, 0.25) is 0 Å². The third-order valence-corrected chi connectivity index (χ3v) is 1.57. The number of carbonyl (C=O) groups excluding carboxylic acids is 1. The first-order chi connectivity index (χ1) is 7.00. The van der Waals surface area contributed by atoms with Crippen molar-refractivity contribution in [2.75, 3.05) is 0 Å². The molecule has 0 unspecified atom stereocenters. The number of hydrogen-bond donors (Lipinski definition) is 3. The SMILES string of the molecule is NC(=O)C#Cc1ccc(C(=O)O)cc1O. The van der Waals surface area contributed by atoms with Gasteiger partial charge in [-0.05, 0) is 18.2 Å². The zero-order valence-electron chi connectivity index (χ0n) is 7.52. The number of aromatic carboxylic acids is 1. The number of phenols is 1. The van der Waals surface area contributed by atoms with Crippen molar-refractivity contribution in [3.05, 3.63) is 29.3 Å². The van der Waals surface area contributed by atoms with Crippen molar-refractivity contribution in [2.45, 2.75) is 0 Å². The number of primary amides is 1. The highest BCUT2D eigenvalue weighted by Crippen LogP contribution is 2.17. The summed E-state index contributed by atoms with van der Waals surface area (Å²) in [7, 11) is 0. The second-order valence-electron chi connectivity index (χ2n) is 2.65. The van der Waals surface area contributed by atoms with E-state index < -0.39 is 11.9 Å². The molecule has 5 nitrogen and oxygen atoms in total. The van der Waals surface area contributed by atoms with Crippen LogP contribution in [-0.2, 0) is 4.79 Å². The lowest BCUT2D eigenvalue weighted by atomic mass is 10.1. The Labute approximate surface area is 85.1 Å². The Bertz CT molecular complexity index is 482. The second kappa shape index (κ2) is 4.15. The molecule has 0 radical (unpaired) electrons. The first-order valence-electron chi connectivity index (χ1n) is 3.88. The van der Waals surface area contributed by atoms with Gasteiger partial charge in [0.15, 0.2) is 0 Å². The third-order valence-electron chi connectivity index (χ3n) is 1.57. The van der Waals surface area contributed by atoms with Gasteiger partial charge in [-0.25, -0.2) is 4.79 Å². The van der Waals surface area contributed by atoms with Gasteiger partial charge in [-0.15, -0.1) is 0 Å². The number of carboxylic acid groups (broad SMARTS) is 1. The molecule has 1 amide bonds. The molecule has 1 rings (SSSR count). The number of nitrogens with two attached hydrogens (primary N) is 1. The van der Waals surface area contributed by atoms with Gasteiger partial charge in [0.1, 0.15) is 5.75 Å². The summed E-state index contributed by atoms with van der Waals surface area (Å²) in [4.78, 5) is 20.8. The zero-order chi connectivity index (χ0) is 11.4. The van der Waals surface area contributed by atoms with Crippen LogP contribution in [0.1, 0.15) is 15.9 Å². The molecule has 4 N–H and O–H groups in total. The summed E-state index contributed by atoms with van der Waals surface area (Å²) >= 11 is 0. The maximum atomic E-state index is 10.5. The van der Waals surface area contributed by atoms with Crippen LogP contribution in [-0.4, -0.2) is 22.1 Å². The molecule has 76 valence electrons. The second-order valence-corrected chi connectivity index (χ2v) is 2.65. The minimum atomic E-state index is -1.15. The van der Waals surface area contributed by atoms with E-state index in [-0.39, 0.29) is 16.9 Å². The van der Waals surface area contributed by atoms with Crippen molar-refractivity contribution in [3.63, 3.8) is 0 Å².